The standard InChI is InChI=1S/C18H24O2/c1-18-9-8-14-13-5-3-12(19)10-11(13)2-4-15(14)16(18)6-7-17(18)20/h3,5,10,14-17,19-20H,2,4,6-9H2,1H3/t14-,15?,16+,17-,18+/m1/s1. The molecule has 0 radical (unpaired) electrons. The molecule has 3 aliphatic rings. The third kappa shape index (κ3) is 1.60. The predicted octanol–water partition coefficient (Wildman–Crippen LogP) is 3.61. The summed E-state index contributed by atoms with van der Waals surface area (Å²) in [6.07, 6.45) is 6.78. The van der Waals surface area contributed by atoms with Gasteiger partial charge in [0.2, 0.25) is 0 Å². The van der Waals surface area contributed by atoms with E-state index >= 15 is 0 Å². The lowest BCUT2D eigenvalue weighted by atomic mass is 9.55. The topological polar surface area (TPSA) is 40.5 Å². The Kier molecular flexibility index (Phi) is 2.69. The number of aliphatic hydroxyl groups is 1. The molecule has 1 aromatic carbocycles. The van der Waals surface area contributed by atoms with Gasteiger partial charge in [0, 0.05) is 0 Å². The van der Waals surface area contributed by atoms with E-state index in [9.17, 15) is 10.2 Å². The highest BCUT2D eigenvalue weighted by atomic mass is 16.3. The van der Waals surface area contributed by atoms with Crippen LogP contribution >= 0.6 is 0 Å². The molecule has 0 spiro atoms. The summed E-state index contributed by atoms with van der Waals surface area (Å²) in [4.78, 5) is 0. The molecule has 108 valence electrons. The zero-order valence-corrected chi connectivity index (χ0v) is 12.2. The van der Waals surface area contributed by atoms with Crippen molar-refractivity contribution in [2.45, 2.75) is 57.5 Å². The van der Waals surface area contributed by atoms with E-state index in [1.807, 2.05) is 12.1 Å². The Hall–Kier alpha value is -1.02. The minimum absolute atomic E-state index is 0.0883. The van der Waals surface area contributed by atoms with Gasteiger partial charge in [-0.15, -0.1) is 0 Å². The van der Waals surface area contributed by atoms with Crippen LogP contribution in [0.2, 0.25) is 0 Å². The molecule has 0 bridgehead atoms. The van der Waals surface area contributed by atoms with Crippen molar-refractivity contribution in [3.8, 4) is 5.75 Å². The van der Waals surface area contributed by atoms with E-state index in [-0.39, 0.29) is 11.5 Å². The number of benzene rings is 1. The molecule has 2 N–H and O–H groups in total. The van der Waals surface area contributed by atoms with Gasteiger partial charge in [-0.1, -0.05) is 13.0 Å². The highest BCUT2D eigenvalue weighted by molar-refractivity contribution is 5.40. The van der Waals surface area contributed by atoms with Crippen LogP contribution in [0, 0.1) is 17.3 Å². The second-order valence-corrected chi connectivity index (χ2v) is 7.44. The molecule has 20 heavy (non-hydrogen) atoms. The van der Waals surface area contributed by atoms with E-state index in [0.717, 1.165) is 25.2 Å². The second-order valence-electron chi connectivity index (χ2n) is 7.44. The van der Waals surface area contributed by atoms with E-state index in [2.05, 4.69) is 13.0 Å². The molecule has 0 aromatic heterocycles. The molecule has 0 amide bonds. The molecule has 2 saturated carbocycles. The van der Waals surface area contributed by atoms with Gasteiger partial charge in [-0.3, -0.25) is 0 Å². The smallest absolute Gasteiger partial charge is 0.115 e. The first kappa shape index (κ1) is 12.7. The number of phenols is 1. The first-order chi connectivity index (χ1) is 9.59. The van der Waals surface area contributed by atoms with Crippen LogP contribution in [-0.2, 0) is 6.42 Å². The van der Waals surface area contributed by atoms with Crippen molar-refractivity contribution in [2.75, 3.05) is 0 Å². The van der Waals surface area contributed by atoms with Crippen LogP contribution in [0.3, 0.4) is 0 Å². The van der Waals surface area contributed by atoms with Gasteiger partial charge < -0.3 is 10.2 Å². The average molecular weight is 272 g/mol. The lowest BCUT2D eigenvalue weighted by molar-refractivity contribution is -0.0226. The number of hydrogen-bond donors (Lipinski definition) is 2. The maximum atomic E-state index is 10.4. The summed E-state index contributed by atoms with van der Waals surface area (Å²) in [5, 5.41) is 20.0. The van der Waals surface area contributed by atoms with Crippen molar-refractivity contribution in [3.05, 3.63) is 29.3 Å². The predicted molar refractivity (Wildman–Crippen MR) is 78.7 cm³/mol. The van der Waals surface area contributed by atoms with Crippen molar-refractivity contribution >= 4 is 0 Å². The van der Waals surface area contributed by atoms with Crippen LogP contribution in [0.1, 0.15) is 56.1 Å². The van der Waals surface area contributed by atoms with Gasteiger partial charge in [0.1, 0.15) is 5.75 Å². The van der Waals surface area contributed by atoms with E-state index < -0.39 is 0 Å². The Balaban J connectivity index is 1.71. The van der Waals surface area contributed by atoms with E-state index in [1.54, 1.807) is 0 Å². The Morgan fingerprint density at radius 1 is 1.15 bits per heavy atom. The summed E-state index contributed by atoms with van der Waals surface area (Å²) in [5.74, 6) is 2.49. The first-order valence-corrected chi connectivity index (χ1v) is 8.09. The highest BCUT2D eigenvalue weighted by Gasteiger charge is 2.54. The average Bonchev–Trinajstić information content (AvgIpc) is 2.74. The van der Waals surface area contributed by atoms with Crippen LogP contribution in [0.15, 0.2) is 18.2 Å². The molecule has 0 aliphatic heterocycles. The number of aromatic hydroxyl groups is 1. The Labute approximate surface area is 120 Å². The van der Waals surface area contributed by atoms with E-state index in [4.69, 9.17) is 0 Å². The van der Waals surface area contributed by atoms with Crippen molar-refractivity contribution in [1.82, 2.24) is 0 Å². The molecule has 4 rings (SSSR count). The number of aryl methyl sites for hydroxylation is 1. The molecule has 2 fully saturated rings. The lowest BCUT2D eigenvalue weighted by Gasteiger charge is -2.50. The molecule has 0 saturated heterocycles. The van der Waals surface area contributed by atoms with Crippen molar-refractivity contribution in [2.24, 2.45) is 17.3 Å². The van der Waals surface area contributed by atoms with Gasteiger partial charge in [0.05, 0.1) is 6.10 Å². The first-order valence-electron chi connectivity index (χ1n) is 8.09. The minimum Gasteiger partial charge on any atom is -0.508 e. The summed E-state index contributed by atoms with van der Waals surface area (Å²) in [5.41, 5.74) is 2.99. The summed E-state index contributed by atoms with van der Waals surface area (Å²) >= 11 is 0. The molecule has 1 aromatic rings. The fourth-order valence-corrected chi connectivity index (χ4v) is 5.54. The van der Waals surface area contributed by atoms with Gasteiger partial charge >= 0.3 is 0 Å². The summed E-state index contributed by atoms with van der Waals surface area (Å²) in [7, 11) is 0. The summed E-state index contributed by atoms with van der Waals surface area (Å²) in [6.45, 7) is 2.32. The maximum absolute atomic E-state index is 10.4. The third-order valence-electron chi connectivity index (χ3n) is 6.66. The van der Waals surface area contributed by atoms with Crippen molar-refractivity contribution in [3.63, 3.8) is 0 Å². The molecular weight excluding hydrogens is 248 g/mol. The Bertz CT molecular complexity index is 538. The summed E-state index contributed by atoms with van der Waals surface area (Å²) in [6, 6.07) is 5.96. The van der Waals surface area contributed by atoms with Gasteiger partial charge in [0.25, 0.3) is 0 Å². The largest absolute Gasteiger partial charge is 0.508 e. The van der Waals surface area contributed by atoms with Crippen LogP contribution in [0.5, 0.6) is 5.75 Å². The monoisotopic (exact) mass is 272 g/mol. The number of aliphatic hydroxyl groups excluding tert-OH is 1. The van der Waals surface area contributed by atoms with Gasteiger partial charge in [-0.25, -0.2) is 0 Å². The zero-order chi connectivity index (χ0) is 13.9. The van der Waals surface area contributed by atoms with Crippen LogP contribution in [-0.4, -0.2) is 16.3 Å². The normalized spacial score (nSPS) is 42.7. The summed E-state index contributed by atoms with van der Waals surface area (Å²) < 4.78 is 0. The molecular formula is C18H24O2. The fourth-order valence-electron chi connectivity index (χ4n) is 5.54. The molecule has 2 nitrogen and oxygen atoms in total. The van der Waals surface area contributed by atoms with Crippen LogP contribution < -0.4 is 0 Å². The number of fused-ring (bicyclic) bond motifs is 5. The fraction of sp³-hybridized carbons (Fsp3) is 0.667. The zero-order valence-electron chi connectivity index (χ0n) is 12.2. The maximum Gasteiger partial charge on any atom is 0.115 e. The quantitative estimate of drug-likeness (QED) is 0.757. The van der Waals surface area contributed by atoms with Gasteiger partial charge in [0.15, 0.2) is 0 Å². The minimum atomic E-state index is -0.0883. The Morgan fingerprint density at radius 2 is 2.00 bits per heavy atom. The van der Waals surface area contributed by atoms with E-state index in [0.29, 0.717) is 17.6 Å². The molecule has 2 heteroatoms. The SMILES string of the molecule is C[C@]12CC[C@@H]3c4ccc(O)cc4CCC3[C@@H]1CC[C@H]2O. The molecule has 5 atom stereocenters. The number of phenolic OH excluding ortho intramolecular Hbond substituents is 1. The number of hydrogen-bond acceptors (Lipinski definition) is 2. The lowest BCUT2D eigenvalue weighted by Crippen LogP contribution is -2.43. The third-order valence-corrected chi connectivity index (χ3v) is 6.66. The van der Waals surface area contributed by atoms with Gasteiger partial charge in [-0.05, 0) is 85.0 Å². The molecule has 0 heterocycles. The van der Waals surface area contributed by atoms with Crippen LogP contribution in [0.4, 0.5) is 0 Å². The highest BCUT2D eigenvalue weighted by Crippen LogP contribution is 2.60. The van der Waals surface area contributed by atoms with Crippen molar-refractivity contribution < 1.29 is 10.2 Å². The van der Waals surface area contributed by atoms with E-state index in [1.165, 1.54) is 30.4 Å². The number of rotatable bonds is 0. The van der Waals surface area contributed by atoms with Crippen LogP contribution in [0.25, 0.3) is 0 Å². The van der Waals surface area contributed by atoms with Gasteiger partial charge in [-0.2, -0.15) is 0 Å². The van der Waals surface area contributed by atoms with Crippen molar-refractivity contribution in [1.29, 1.82) is 0 Å². The Morgan fingerprint density at radius 3 is 2.85 bits per heavy atom. The molecule has 3 aliphatic carbocycles. The second kappa shape index (κ2) is 4.24. The molecule has 1 unspecified atom stereocenters.